The molecule has 2 aromatic heterocycles. The summed E-state index contributed by atoms with van der Waals surface area (Å²) in [6.45, 7) is 4.51. The van der Waals surface area contributed by atoms with Crippen molar-refractivity contribution < 1.29 is 4.79 Å². The van der Waals surface area contributed by atoms with E-state index in [4.69, 9.17) is 12.2 Å². The van der Waals surface area contributed by atoms with E-state index in [0.29, 0.717) is 17.4 Å². The summed E-state index contributed by atoms with van der Waals surface area (Å²) < 4.78 is 4.66. The Morgan fingerprint density at radius 3 is 3.00 bits per heavy atom. The van der Waals surface area contributed by atoms with Crippen molar-refractivity contribution in [3.05, 3.63) is 52.3 Å². The van der Waals surface area contributed by atoms with Gasteiger partial charge in [0.25, 0.3) is 0 Å². The molecule has 0 spiro atoms. The molecular formula is C19H22N6OS2. The Labute approximate surface area is 172 Å². The van der Waals surface area contributed by atoms with Crippen LogP contribution in [0.5, 0.6) is 0 Å². The molecule has 2 N–H and O–H groups in total. The van der Waals surface area contributed by atoms with Gasteiger partial charge in [0.15, 0.2) is 15.8 Å². The molecule has 1 aliphatic carbocycles. The Kier molecular flexibility index (Phi) is 5.36. The Morgan fingerprint density at radius 1 is 1.39 bits per heavy atom. The van der Waals surface area contributed by atoms with Crippen LogP contribution in [0.25, 0.3) is 5.69 Å². The van der Waals surface area contributed by atoms with Crippen LogP contribution in [0.2, 0.25) is 0 Å². The topological polar surface area (TPSA) is 80.5 Å². The quantitative estimate of drug-likeness (QED) is 0.457. The number of carbonyl (C=O) groups is 1. The number of nitrogens with one attached hydrogen (secondary N) is 2. The van der Waals surface area contributed by atoms with Gasteiger partial charge in [0.1, 0.15) is 0 Å². The first kappa shape index (κ1) is 18.9. The largest absolute Gasteiger partial charge is 0.348 e. The molecule has 7 nitrogen and oxygen atoms in total. The summed E-state index contributed by atoms with van der Waals surface area (Å²) in [5.41, 5.74) is 3.44. The van der Waals surface area contributed by atoms with Crippen molar-refractivity contribution in [1.82, 2.24) is 29.6 Å². The summed E-state index contributed by atoms with van der Waals surface area (Å²) in [7, 11) is 0. The average molecular weight is 415 g/mol. The molecule has 2 heterocycles. The zero-order chi connectivity index (χ0) is 19.7. The normalized spacial score (nSPS) is 13.6. The Morgan fingerprint density at radius 2 is 2.21 bits per heavy atom. The summed E-state index contributed by atoms with van der Waals surface area (Å²) >= 11 is 6.69. The lowest BCUT2D eigenvalue weighted by molar-refractivity contribution is -0.118. The van der Waals surface area contributed by atoms with Crippen molar-refractivity contribution in [2.45, 2.75) is 44.4 Å². The van der Waals surface area contributed by atoms with Crippen LogP contribution in [0.3, 0.4) is 0 Å². The van der Waals surface area contributed by atoms with E-state index in [2.05, 4.69) is 52.5 Å². The maximum atomic E-state index is 12.3. The summed E-state index contributed by atoms with van der Waals surface area (Å²) in [5, 5.41) is 10.8. The highest BCUT2D eigenvalue weighted by Crippen LogP contribution is 2.35. The van der Waals surface area contributed by atoms with Gasteiger partial charge in [0.05, 0.1) is 18.0 Å². The summed E-state index contributed by atoms with van der Waals surface area (Å²) in [6, 6.07) is 6.74. The highest BCUT2D eigenvalue weighted by Gasteiger charge is 2.27. The minimum absolute atomic E-state index is 0.0585. The van der Waals surface area contributed by atoms with E-state index in [1.54, 1.807) is 6.20 Å². The number of amides is 1. The highest BCUT2D eigenvalue weighted by molar-refractivity contribution is 7.99. The first-order valence-electron chi connectivity index (χ1n) is 9.19. The van der Waals surface area contributed by atoms with Gasteiger partial charge in [-0.15, -0.1) is 0 Å². The number of imidazole rings is 1. The van der Waals surface area contributed by atoms with Crippen molar-refractivity contribution in [2.75, 3.05) is 5.75 Å². The molecule has 1 aliphatic rings. The minimum Gasteiger partial charge on any atom is -0.348 e. The number of benzene rings is 1. The van der Waals surface area contributed by atoms with E-state index in [1.165, 1.54) is 17.3 Å². The van der Waals surface area contributed by atoms with Gasteiger partial charge in [-0.25, -0.2) is 4.98 Å². The zero-order valence-electron chi connectivity index (χ0n) is 15.8. The molecule has 0 saturated heterocycles. The second-order valence-electron chi connectivity index (χ2n) is 6.98. The monoisotopic (exact) mass is 414 g/mol. The smallest absolute Gasteiger partial charge is 0.230 e. The van der Waals surface area contributed by atoms with Crippen LogP contribution in [0.15, 0.2) is 35.7 Å². The molecule has 0 bridgehead atoms. The van der Waals surface area contributed by atoms with E-state index in [-0.39, 0.29) is 11.7 Å². The predicted octanol–water partition coefficient (Wildman–Crippen LogP) is 3.49. The van der Waals surface area contributed by atoms with E-state index in [1.807, 2.05) is 15.3 Å². The zero-order valence-corrected chi connectivity index (χ0v) is 17.4. The first-order chi connectivity index (χ1) is 13.5. The first-order valence-corrected chi connectivity index (χ1v) is 10.6. The number of H-pyrrole nitrogens is 1. The molecule has 1 saturated carbocycles. The van der Waals surface area contributed by atoms with Crippen LogP contribution in [-0.2, 0) is 11.3 Å². The summed E-state index contributed by atoms with van der Waals surface area (Å²) in [4.78, 5) is 16.8. The molecule has 0 atom stereocenters. The minimum atomic E-state index is -0.0585. The SMILES string of the molecule is Cc1ccc(C)c(-n2ccnc2SCC(=O)NCc2n[nH]c(=S)n2C2CC2)c1. The Balaban J connectivity index is 1.38. The molecule has 28 heavy (non-hydrogen) atoms. The molecule has 146 valence electrons. The van der Waals surface area contributed by atoms with Gasteiger partial charge < -0.3 is 5.32 Å². The van der Waals surface area contributed by atoms with Crippen LogP contribution in [0, 0.1) is 18.6 Å². The maximum absolute atomic E-state index is 12.3. The van der Waals surface area contributed by atoms with Gasteiger partial charge >= 0.3 is 0 Å². The third-order valence-electron chi connectivity index (χ3n) is 4.70. The van der Waals surface area contributed by atoms with Crippen LogP contribution in [0.4, 0.5) is 0 Å². The van der Waals surface area contributed by atoms with Crippen molar-refractivity contribution in [3.8, 4) is 5.69 Å². The highest BCUT2D eigenvalue weighted by atomic mass is 32.2. The molecule has 0 radical (unpaired) electrons. The van der Waals surface area contributed by atoms with Gasteiger partial charge in [-0.3, -0.25) is 19.0 Å². The number of hydrogen-bond acceptors (Lipinski definition) is 5. The Hall–Kier alpha value is -2.39. The lowest BCUT2D eigenvalue weighted by Gasteiger charge is -2.11. The molecule has 1 amide bonds. The number of carbonyl (C=O) groups excluding carboxylic acids is 1. The molecule has 0 aliphatic heterocycles. The van der Waals surface area contributed by atoms with E-state index < -0.39 is 0 Å². The van der Waals surface area contributed by atoms with Crippen LogP contribution >= 0.6 is 24.0 Å². The van der Waals surface area contributed by atoms with Gasteiger partial charge in [0, 0.05) is 18.4 Å². The summed E-state index contributed by atoms with van der Waals surface area (Å²) in [5.74, 6) is 1.01. The van der Waals surface area contributed by atoms with E-state index in [9.17, 15) is 4.79 Å². The van der Waals surface area contributed by atoms with Crippen molar-refractivity contribution in [2.24, 2.45) is 0 Å². The fourth-order valence-corrected chi connectivity index (χ4v) is 4.18. The van der Waals surface area contributed by atoms with E-state index in [0.717, 1.165) is 35.1 Å². The van der Waals surface area contributed by atoms with Crippen molar-refractivity contribution in [1.29, 1.82) is 0 Å². The standard InChI is InChI=1S/C19H22N6OS2/c1-12-3-4-13(2)15(9-12)24-8-7-20-19(24)28-11-17(26)21-10-16-22-23-18(27)25(16)14-5-6-14/h3-4,7-9,14H,5-6,10-11H2,1-2H3,(H,21,26)(H,23,27). The molecule has 9 heteroatoms. The second-order valence-corrected chi connectivity index (χ2v) is 8.31. The summed E-state index contributed by atoms with van der Waals surface area (Å²) in [6.07, 6.45) is 5.92. The third-order valence-corrected chi connectivity index (χ3v) is 5.95. The molecule has 0 unspecified atom stereocenters. The van der Waals surface area contributed by atoms with Gasteiger partial charge in [-0.05, 0) is 56.1 Å². The molecular weight excluding hydrogens is 392 g/mol. The number of aryl methyl sites for hydroxylation is 2. The molecule has 1 aromatic carbocycles. The van der Waals surface area contributed by atoms with Gasteiger partial charge in [-0.2, -0.15) is 5.10 Å². The van der Waals surface area contributed by atoms with Gasteiger partial charge in [0.2, 0.25) is 5.91 Å². The average Bonchev–Trinajstić information content (AvgIpc) is 3.28. The Bertz CT molecular complexity index is 1060. The number of thioether (sulfide) groups is 1. The molecule has 1 fully saturated rings. The lowest BCUT2D eigenvalue weighted by atomic mass is 10.1. The van der Waals surface area contributed by atoms with Gasteiger partial charge in [-0.1, -0.05) is 23.9 Å². The number of nitrogens with zero attached hydrogens (tertiary/aromatic N) is 4. The van der Waals surface area contributed by atoms with Crippen LogP contribution in [0.1, 0.15) is 35.8 Å². The van der Waals surface area contributed by atoms with Crippen LogP contribution < -0.4 is 5.32 Å². The molecule has 4 rings (SSSR count). The number of rotatable bonds is 7. The predicted molar refractivity (Wildman–Crippen MR) is 111 cm³/mol. The van der Waals surface area contributed by atoms with Crippen molar-refractivity contribution >= 4 is 29.9 Å². The van der Waals surface area contributed by atoms with Crippen molar-refractivity contribution in [3.63, 3.8) is 0 Å². The number of aromatic nitrogens is 5. The third kappa shape index (κ3) is 4.05. The lowest BCUT2D eigenvalue weighted by Crippen LogP contribution is -2.26. The van der Waals surface area contributed by atoms with Crippen LogP contribution in [-0.4, -0.2) is 36.0 Å². The molecule has 3 aromatic rings. The number of aromatic amines is 1. The van der Waals surface area contributed by atoms with E-state index >= 15 is 0 Å². The fourth-order valence-electron chi connectivity index (χ4n) is 3.09. The second kappa shape index (κ2) is 7.92. The number of hydrogen-bond donors (Lipinski definition) is 2. The maximum Gasteiger partial charge on any atom is 0.230 e. The fraction of sp³-hybridized carbons (Fsp3) is 0.368.